The number of hydrogen-bond donors (Lipinski definition) is 2. The Morgan fingerprint density at radius 1 is 1.17 bits per heavy atom. The van der Waals surface area contributed by atoms with Gasteiger partial charge in [0.25, 0.3) is 0 Å². The molecule has 0 saturated heterocycles. The molecule has 0 aliphatic heterocycles. The molecule has 0 bridgehead atoms. The van der Waals surface area contributed by atoms with Crippen LogP contribution in [0.1, 0.15) is 32.1 Å². The van der Waals surface area contributed by atoms with E-state index < -0.39 is 6.10 Å². The summed E-state index contributed by atoms with van der Waals surface area (Å²) < 4.78 is 24.5. The SMILES string of the molecule is CN(C)CCCCOC1C[C@H]2C[C@H](O)[C@@H](C=CC(O)COc3ccc(F)cc3)[C@@H]2C1. The quantitative estimate of drug-likeness (QED) is 0.424. The van der Waals surface area contributed by atoms with Gasteiger partial charge in [-0.3, -0.25) is 0 Å². The van der Waals surface area contributed by atoms with Crippen LogP contribution in [0, 0.1) is 23.6 Å². The van der Waals surface area contributed by atoms with Gasteiger partial charge in [0, 0.05) is 12.5 Å². The number of ether oxygens (including phenoxy) is 2. The lowest BCUT2D eigenvalue weighted by Gasteiger charge is -2.20. The molecule has 5 nitrogen and oxygen atoms in total. The highest BCUT2D eigenvalue weighted by molar-refractivity contribution is 5.22. The van der Waals surface area contributed by atoms with E-state index in [1.54, 1.807) is 6.08 Å². The van der Waals surface area contributed by atoms with Crippen LogP contribution in [-0.4, -0.2) is 67.3 Å². The molecule has 1 aromatic carbocycles. The summed E-state index contributed by atoms with van der Waals surface area (Å²) in [6.45, 7) is 1.99. The fraction of sp³-hybridized carbons (Fsp3) is 0.667. The van der Waals surface area contributed by atoms with Gasteiger partial charge in [-0.25, -0.2) is 4.39 Å². The van der Waals surface area contributed by atoms with E-state index in [1.165, 1.54) is 24.3 Å². The number of hydrogen-bond acceptors (Lipinski definition) is 5. The minimum Gasteiger partial charge on any atom is -0.491 e. The minimum absolute atomic E-state index is 0.0535. The van der Waals surface area contributed by atoms with Crippen molar-refractivity contribution < 1.29 is 24.1 Å². The highest BCUT2D eigenvalue weighted by Gasteiger charge is 2.47. The molecule has 0 aromatic heterocycles. The van der Waals surface area contributed by atoms with E-state index in [0.717, 1.165) is 45.3 Å². The lowest BCUT2D eigenvalue weighted by atomic mass is 9.90. The van der Waals surface area contributed by atoms with E-state index >= 15 is 0 Å². The second kappa shape index (κ2) is 11.2. The summed E-state index contributed by atoms with van der Waals surface area (Å²) >= 11 is 0. The first-order valence-electron chi connectivity index (χ1n) is 11.1. The third-order valence-electron chi connectivity index (χ3n) is 6.33. The van der Waals surface area contributed by atoms with Crippen molar-refractivity contribution in [3.05, 3.63) is 42.2 Å². The molecule has 2 unspecified atom stereocenters. The van der Waals surface area contributed by atoms with Crippen LogP contribution >= 0.6 is 0 Å². The Morgan fingerprint density at radius 3 is 2.67 bits per heavy atom. The normalized spacial score (nSPS) is 29.6. The molecule has 0 radical (unpaired) electrons. The Kier molecular flexibility index (Phi) is 8.69. The summed E-state index contributed by atoms with van der Waals surface area (Å²) in [6.07, 6.45) is 7.86. The number of fused-ring (bicyclic) bond motifs is 1. The van der Waals surface area contributed by atoms with Crippen LogP contribution in [0.5, 0.6) is 5.75 Å². The molecule has 0 heterocycles. The van der Waals surface area contributed by atoms with Crippen molar-refractivity contribution in [2.45, 2.75) is 50.4 Å². The number of aliphatic hydroxyl groups excluding tert-OH is 2. The molecule has 2 aliphatic rings. The first-order chi connectivity index (χ1) is 14.4. The first-order valence-corrected chi connectivity index (χ1v) is 11.1. The lowest BCUT2D eigenvalue weighted by Crippen LogP contribution is -2.21. The Balaban J connectivity index is 1.41. The van der Waals surface area contributed by atoms with Crippen LogP contribution in [0.3, 0.4) is 0 Å². The van der Waals surface area contributed by atoms with Gasteiger partial charge in [-0.05, 0) is 88.8 Å². The van der Waals surface area contributed by atoms with Crippen LogP contribution in [-0.2, 0) is 4.74 Å². The van der Waals surface area contributed by atoms with Gasteiger partial charge in [0.15, 0.2) is 0 Å². The summed E-state index contributed by atoms with van der Waals surface area (Å²) in [7, 11) is 4.17. The summed E-state index contributed by atoms with van der Waals surface area (Å²) in [6, 6.07) is 5.73. The average molecular weight is 422 g/mol. The van der Waals surface area contributed by atoms with Crippen LogP contribution in [0.15, 0.2) is 36.4 Å². The summed E-state index contributed by atoms with van der Waals surface area (Å²) in [5.74, 6) is 1.16. The van der Waals surface area contributed by atoms with Crippen molar-refractivity contribution in [2.75, 3.05) is 33.9 Å². The van der Waals surface area contributed by atoms with Gasteiger partial charge >= 0.3 is 0 Å². The Morgan fingerprint density at radius 2 is 1.93 bits per heavy atom. The second-order valence-corrected chi connectivity index (χ2v) is 9.00. The van der Waals surface area contributed by atoms with E-state index in [1.807, 2.05) is 6.08 Å². The van der Waals surface area contributed by atoms with E-state index in [2.05, 4.69) is 19.0 Å². The third kappa shape index (κ3) is 6.77. The third-order valence-corrected chi connectivity index (χ3v) is 6.33. The van der Waals surface area contributed by atoms with Crippen molar-refractivity contribution in [3.8, 4) is 5.75 Å². The molecule has 0 amide bonds. The van der Waals surface area contributed by atoms with Gasteiger partial charge in [0.2, 0.25) is 0 Å². The highest BCUT2D eigenvalue weighted by atomic mass is 19.1. The van der Waals surface area contributed by atoms with E-state index in [4.69, 9.17) is 9.47 Å². The molecule has 2 fully saturated rings. The number of rotatable bonds is 11. The number of unbranched alkanes of at least 4 members (excludes halogenated alkanes) is 1. The summed E-state index contributed by atoms with van der Waals surface area (Å²) in [4.78, 5) is 2.19. The van der Waals surface area contributed by atoms with Crippen LogP contribution in [0.25, 0.3) is 0 Å². The van der Waals surface area contributed by atoms with E-state index in [-0.39, 0.29) is 30.5 Å². The van der Waals surface area contributed by atoms with Crippen molar-refractivity contribution >= 4 is 0 Å². The summed E-state index contributed by atoms with van der Waals surface area (Å²) in [5, 5.41) is 20.7. The number of benzene rings is 1. The van der Waals surface area contributed by atoms with Crippen molar-refractivity contribution in [1.29, 1.82) is 0 Å². The molecule has 0 spiro atoms. The molecule has 6 atom stereocenters. The average Bonchev–Trinajstić information content (AvgIpc) is 3.21. The van der Waals surface area contributed by atoms with Crippen molar-refractivity contribution in [2.24, 2.45) is 17.8 Å². The predicted molar refractivity (Wildman–Crippen MR) is 115 cm³/mol. The van der Waals surface area contributed by atoms with Crippen LogP contribution < -0.4 is 4.74 Å². The van der Waals surface area contributed by atoms with Crippen LogP contribution in [0.2, 0.25) is 0 Å². The zero-order valence-corrected chi connectivity index (χ0v) is 18.1. The molecule has 3 rings (SSSR count). The van der Waals surface area contributed by atoms with Gasteiger partial charge in [0.1, 0.15) is 24.3 Å². The molecular formula is C24H36FNO4. The first kappa shape index (κ1) is 23.2. The number of nitrogens with zero attached hydrogens (tertiary/aromatic N) is 1. The predicted octanol–water partition coefficient (Wildman–Crippen LogP) is 3.26. The smallest absolute Gasteiger partial charge is 0.123 e. The Labute approximate surface area is 179 Å². The van der Waals surface area contributed by atoms with Crippen molar-refractivity contribution in [3.63, 3.8) is 0 Å². The fourth-order valence-corrected chi connectivity index (χ4v) is 4.81. The van der Waals surface area contributed by atoms with E-state index in [0.29, 0.717) is 17.6 Å². The number of aliphatic hydroxyl groups is 2. The molecule has 2 saturated carbocycles. The summed E-state index contributed by atoms with van der Waals surface area (Å²) in [5.41, 5.74) is 0. The van der Waals surface area contributed by atoms with Gasteiger partial charge < -0.3 is 24.6 Å². The number of halogens is 1. The maximum absolute atomic E-state index is 12.9. The Hall–Kier alpha value is -1.47. The standard InChI is InChI=1S/C24H36FNO4/c1-26(2)11-3-4-12-29-21-13-17-14-24(28)22(23(17)15-21)10-7-19(27)16-30-20-8-5-18(25)6-9-20/h5-10,17,19,21-24,27-28H,3-4,11-16H2,1-2H3/t17-,19?,21?,22-,23+,24-/m0/s1. The fourth-order valence-electron chi connectivity index (χ4n) is 4.81. The Bertz CT molecular complexity index is 666. The molecule has 1 aromatic rings. The maximum atomic E-state index is 12.9. The maximum Gasteiger partial charge on any atom is 0.123 e. The van der Waals surface area contributed by atoms with E-state index in [9.17, 15) is 14.6 Å². The molecule has 168 valence electrons. The van der Waals surface area contributed by atoms with Crippen LogP contribution in [0.4, 0.5) is 4.39 Å². The molecule has 30 heavy (non-hydrogen) atoms. The zero-order chi connectivity index (χ0) is 21.5. The van der Waals surface area contributed by atoms with Gasteiger partial charge in [-0.15, -0.1) is 0 Å². The van der Waals surface area contributed by atoms with Gasteiger partial charge in [-0.1, -0.05) is 12.2 Å². The lowest BCUT2D eigenvalue weighted by molar-refractivity contribution is 0.0408. The monoisotopic (exact) mass is 421 g/mol. The zero-order valence-electron chi connectivity index (χ0n) is 18.1. The molecule has 2 aliphatic carbocycles. The van der Waals surface area contributed by atoms with Crippen molar-refractivity contribution in [1.82, 2.24) is 4.90 Å². The second-order valence-electron chi connectivity index (χ2n) is 9.00. The molecule has 6 heteroatoms. The molecular weight excluding hydrogens is 385 g/mol. The topological polar surface area (TPSA) is 62.2 Å². The molecule has 2 N–H and O–H groups in total. The minimum atomic E-state index is -0.772. The van der Waals surface area contributed by atoms with Gasteiger partial charge in [-0.2, -0.15) is 0 Å². The largest absolute Gasteiger partial charge is 0.491 e. The highest BCUT2D eigenvalue weighted by Crippen LogP contribution is 2.49. The van der Waals surface area contributed by atoms with Gasteiger partial charge in [0.05, 0.1) is 12.2 Å².